The van der Waals surface area contributed by atoms with Gasteiger partial charge in [0.05, 0.1) is 6.61 Å². The summed E-state index contributed by atoms with van der Waals surface area (Å²) in [5.41, 5.74) is 2.23. The van der Waals surface area contributed by atoms with E-state index in [2.05, 4.69) is 17.1 Å². The van der Waals surface area contributed by atoms with Gasteiger partial charge in [-0.1, -0.05) is 18.2 Å². The van der Waals surface area contributed by atoms with Crippen LogP contribution in [0, 0.1) is 0 Å². The lowest BCUT2D eigenvalue weighted by Gasteiger charge is -2.03. The molecule has 3 heteroatoms. The van der Waals surface area contributed by atoms with Crippen LogP contribution in [-0.4, -0.2) is 23.3 Å². The molecule has 0 radical (unpaired) electrons. The first kappa shape index (κ1) is 10.2. The predicted molar refractivity (Wildman–Crippen MR) is 68.4 cm³/mol. The summed E-state index contributed by atoms with van der Waals surface area (Å²) < 4.78 is 5.42. The SMILES string of the molecule is OCCOc1ccc2[nH]c3ccccc3c2c1. The molecule has 0 atom stereocenters. The molecule has 0 aliphatic rings. The first-order valence-corrected chi connectivity index (χ1v) is 5.62. The van der Waals surface area contributed by atoms with Crippen LogP contribution in [0.15, 0.2) is 42.5 Å². The molecule has 3 nitrogen and oxygen atoms in total. The zero-order valence-corrected chi connectivity index (χ0v) is 9.31. The molecule has 0 amide bonds. The molecule has 0 bridgehead atoms. The van der Waals surface area contributed by atoms with Crippen molar-refractivity contribution in [2.75, 3.05) is 13.2 Å². The number of aromatic amines is 1. The van der Waals surface area contributed by atoms with Gasteiger partial charge in [-0.3, -0.25) is 0 Å². The van der Waals surface area contributed by atoms with Crippen molar-refractivity contribution in [2.45, 2.75) is 0 Å². The molecule has 2 N–H and O–H groups in total. The number of hydrogen-bond donors (Lipinski definition) is 2. The number of rotatable bonds is 3. The highest BCUT2D eigenvalue weighted by Crippen LogP contribution is 2.28. The Morgan fingerprint density at radius 1 is 1.00 bits per heavy atom. The molecule has 0 saturated heterocycles. The molecule has 1 aromatic heterocycles. The maximum Gasteiger partial charge on any atom is 0.120 e. The molecule has 0 saturated carbocycles. The Kier molecular flexibility index (Phi) is 2.46. The van der Waals surface area contributed by atoms with Crippen LogP contribution in [0.5, 0.6) is 5.75 Å². The molecule has 2 aromatic carbocycles. The predicted octanol–water partition coefficient (Wildman–Crippen LogP) is 2.69. The van der Waals surface area contributed by atoms with Crippen molar-refractivity contribution in [1.29, 1.82) is 0 Å². The average molecular weight is 227 g/mol. The van der Waals surface area contributed by atoms with Gasteiger partial charge >= 0.3 is 0 Å². The summed E-state index contributed by atoms with van der Waals surface area (Å²) in [5, 5.41) is 11.1. The molecule has 0 fully saturated rings. The van der Waals surface area contributed by atoms with E-state index in [4.69, 9.17) is 9.84 Å². The number of aliphatic hydroxyl groups excluding tert-OH is 1. The number of fused-ring (bicyclic) bond motifs is 3. The number of aliphatic hydroxyl groups is 1. The second-order valence-corrected chi connectivity index (χ2v) is 3.95. The minimum atomic E-state index is 0.0337. The quantitative estimate of drug-likeness (QED) is 0.722. The Labute approximate surface area is 98.6 Å². The van der Waals surface area contributed by atoms with Gasteiger partial charge in [-0.05, 0) is 24.3 Å². The first-order valence-electron chi connectivity index (χ1n) is 5.62. The highest BCUT2D eigenvalue weighted by molar-refractivity contribution is 6.07. The summed E-state index contributed by atoms with van der Waals surface area (Å²) in [6.45, 7) is 0.361. The van der Waals surface area contributed by atoms with Gasteiger partial charge in [0.15, 0.2) is 0 Å². The van der Waals surface area contributed by atoms with Crippen molar-refractivity contribution in [3.63, 3.8) is 0 Å². The van der Waals surface area contributed by atoms with Gasteiger partial charge in [0, 0.05) is 21.8 Å². The molecular weight excluding hydrogens is 214 g/mol. The fourth-order valence-corrected chi connectivity index (χ4v) is 2.08. The van der Waals surface area contributed by atoms with Gasteiger partial charge < -0.3 is 14.8 Å². The Bertz CT molecular complexity index is 657. The van der Waals surface area contributed by atoms with E-state index in [1.165, 1.54) is 5.39 Å². The van der Waals surface area contributed by atoms with E-state index in [-0.39, 0.29) is 6.61 Å². The minimum absolute atomic E-state index is 0.0337. The van der Waals surface area contributed by atoms with Gasteiger partial charge in [0.2, 0.25) is 0 Å². The van der Waals surface area contributed by atoms with E-state index in [1.54, 1.807) is 0 Å². The molecular formula is C14H13NO2. The second-order valence-electron chi connectivity index (χ2n) is 3.95. The fraction of sp³-hybridized carbons (Fsp3) is 0.143. The smallest absolute Gasteiger partial charge is 0.120 e. The molecule has 86 valence electrons. The molecule has 17 heavy (non-hydrogen) atoms. The lowest BCUT2D eigenvalue weighted by atomic mass is 10.1. The maximum absolute atomic E-state index is 8.74. The van der Waals surface area contributed by atoms with Crippen molar-refractivity contribution in [1.82, 2.24) is 4.98 Å². The van der Waals surface area contributed by atoms with Crippen LogP contribution in [0.2, 0.25) is 0 Å². The van der Waals surface area contributed by atoms with Crippen LogP contribution in [0.1, 0.15) is 0 Å². The third-order valence-corrected chi connectivity index (χ3v) is 2.84. The molecule has 0 aliphatic carbocycles. The Morgan fingerprint density at radius 2 is 1.82 bits per heavy atom. The zero-order chi connectivity index (χ0) is 11.7. The molecule has 3 rings (SSSR count). The summed E-state index contributed by atoms with van der Waals surface area (Å²) in [6, 6.07) is 14.1. The fourth-order valence-electron chi connectivity index (χ4n) is 2.08. The van der Waals surface area contributed by atoms with Crippen molar-refractivity contribution >= 4 is 21.8 Å². The lowest BCUT2D eigenvalue weighted by molar-refractivity contribution is 0.201. The number of H-pyrrole nitrogens is 1. The van der Waals surface area contributed by atoms with E-state index >= 15 is 0 Å². The summed E-state index contributed by atoms with van der Waals surface area (Å²) in [7, 11) is 0. The highest BCUT2D eigenvalue weighted by Gasteiger charge is 2.04. The summed E-state index contributed by atoms with van der Waals surface area (Å²) >= 11 is 0. The Morgan fingerprint density at radius 3 is 2.71 bits per heavy atom. The number of aromatic nitrogens is 1. The van der Waals surface area contributed by atoms with Gasteiger partial charge in [-0.25, -0.2) is 0 Å². The number of ether oxygens (including phenoxy) is 1. The van der Waals surface area contributed by atoms with Gasteiger partial charge in [0.1, 0.15) is 12.4 Å². The number of para-hydroxylation sites is 1. The minimum Gasteiger partial charge on any atom is -0.491 e. The normalized spacial score (nSPS) is 11.1. The van der Waals surface area contributed by atoms with Crippen LogP contribution >= 0.6 is 0 Å². The third kappa shape index (κ3) is 1.74. The topological polar surface area (TPSA) is 45.2 Å². The van der Waals surface area contributed by atoms with Gasteiger partial charge in [-0.2, -0.15) is 0 Å². The Hall–Kier alpha value is -2.00. The second kappa shape index (κ2) is 4.11. The van der Waals surface area contributed by atoms with E-state index in [0.29, 0.717) is 6.61 Å². The number of benzene rings is 2. The maximum atomic E-state index is 8.74. The zero-order valence-electron chi connectivity index (χ0n) is 9.31. The van der Waals surface area contributed by atoms with Crippen molar-refractivity contribution in [2.24, 2.45) is 0 Å². The van der Waals surface area contributed by atoms with E-state index in [0.717, 1.165) is 22.2 Å². The molecule has 1 heterocycles. The van der Waals surface area contributed by atoms with E-state index < -0.39 is 0 Å². The van der Waals surface area contributed by atoms with Crippen LogP contribution < -0.4 is 4.74 Å². The standard InChI is InChI=1S/C14H13NO2/c16-7-8-17-10-5-6-14-12(9-10)11-3-1-2-4-13(11)15-14/h1-6,9,15-16H,7-8H2. The monoisotopic (exact) mass is 227 g/mol. The van der Waals surface area contributed by atoms with Crippen LogP contribution in [0.4, 0.5) is 0 Å². The van der Waals surface area contributed by atoms with Crippen molar-refractivity contribution < 1.29 is 9.84 Å². The first-order chi connectivity index (χ1) is 8.38. The summed E-state index contributed by atoms with van der Waals surface area (Å²) in [4.78, 5) is 3.36. The van der Waals surface area contributed by atoms with Crippen LogP contribution in [0.25, 0.3) is 21.8 Å². The van der Waals surface area contributed by atoms with E-state index in [9.17, 15) is 0 Å². The lowest BCUT2D eigenvalue weighted by Crippen LogP contribution is -2.01. The Balaban J connectivity index is 2.16. The van der Waals surface area contributed by atoms with Gasteiger partial charge in [-0.15, -0.1) is 0 Å². The number of nitrogens with one attached hydrogen (secondary N) is 1. The van der Waals surface area contributed by atoms with E-state index in [1.807, 2.05) is 30.3 Å². The highest BCUT2D eigenvalue weighted by atomic mass is 16.5. The average Bonchev–Trinajstić information content (AvgIpc) is 2.74. The molecule has 0 unspecified atom stereocenters. The molecule has 0 aliphatic heterocycles. The summed E-state index contributed by atoms with van der Waals surface area (Å²) in [5.74, 6) is 0.788. The number of hydrogen-bond acceptors (Lipinski definition) is 2. The third-order valence-electron chi connectivity index (χ3n) is 2.84. The van der Waals surface area contributed by atoms with Crippen LogP contribution in [-0.2, 0) is 0 Å². The summed E-state index contributed by atoms with van der Waals surface area (Å²) in [6.07, 6.45) is 0. The molecule has 3 aromatic rings. The van der Waals surface area contributed by atoms with Crippen molar-refractivity contribution in [3.8, 4) is 5.75 Å². The van der Waals surface area contributed by atoms with Crippen LogP contribution in [0.3, 0.4) is 0 Å². The molecule has 0 spiro atoms. The largest absolute Gasteiger partial charge is 0.491 e. The van der Waals surface area contributed by atoms with Gasteiger partial charge in [0.25, 0.3) is 0 Å². The van der Waals surface area contributed by atoms with Crippen molar-refractivity contribution in [3.05, 3.63) is 42.5 Å².